The van der Waals surface area contributed by atoms with Crippen LogP contribution in [0.15, 0.2) is 59.1 Å². The van der Waals surface area contributed by atoms with Crippen LogP contribution in [0, 0.1) is 6.92 Å². The number of benzene rings is 2. The zero-order valence-corrected chi connectivity index (χ0v) is 13.5. The fraction of sp³-hybridized carbons (Fsp3) is 0.0588. The Hall–Kier alpha value is -2.99. The second-order valence-corrected chi connectivity index (χ2v) is 5.58. The van der Waals surface area contributed by atoms with Crippen LogP contribution >= 0.6 is 11.6 Å². The van der Waals surface area contributed by atoms with Crippen molar-refractivity contribution in [1.82, 2.24) is 25.1 Å². The molecule has 4 aromatic rings. The van der Waals surface area contributed by atoms with Gasteiger partial charge in [-0.05, 0) is 31.2 Å². The molecule has 0 radical (unpaired) electrons. The molecule has 0 fully saturated rings. The van der Waals surface area contributed by atoms with Crippen molar-refractivity contribution in [3.05, 3.63) is 65.3 Å². The molecule has 2 aromatic carbocycles. The number of hydrogen-bond donors (Lipinski definition) is 0. The maximum atomic E-state index is 6.18. The van der Waals surface area contributed by atoms with Crippen LogP contribution in [0.25, 0.3) is 28.7 Å². The lowest BCUT2D eigenvalue weighted by Crippen LogP contribution is -1.98. The first-order chi connectivity index (χ1) is 11.7. The number of rotatable bonds is 3. The van der Waals surface area contributed by atoms with E-state index >= 15 is 0 Å². The van der Waals surface area contributed by atoms with Gasteiger partial charge in [0.15, 0.2) is 5.69 Å². The van der Waals surface area contributed by atoms with Gasteiger partial charge >= 0.3 is 0 Å². The summed E-state index contributed by atoms with van der Waals surface area (Å²) in [6.07, 6.45) is 0. The summed E-state index contributed by atoms with van der Waals surface area (Å²) in [5.74, 6) is 0.730. The minimum Gasteiger partial charge on any atom is -0.332 e. The molecule has 0 aliphatic heterocycles. The van der Waals surface area contributed by atoms with Crippen LogP contribution in [-0.2, 0) is 0 Å². The van der Waals surface area contributed by atoms with Crippen LogP contribution in [0.5, 0.6) is 0 Å². The number of para-hydroxylation sites is 1. The van der Waals surface area contributed by atoms with Crippen molar-refractivity contribution in [3.63, 3.8) is 0 Å². The number of nitrogens with zero attached hydrogens (tertiary/aromatic N) is 5. The van der Waals surface area contributed by atoms with E-state index in [0.717, 1.165) is 11.4 Å². The van der Waals surface area contributed by atoms with E-state index in [9.17, 15) is 0 Å². The molecule has 2 heterocycles. The van der Waals surface area contributed by atoms with Gasteiger partial charge in [-0.1, -0.05) is 52.3 Å². The molecule has 6 nitrogen and oxygen atoms in total. The van der Waals surface area contributed by atoms with Crippen molar-refractivity contribution >= 4 is 11.6 Å². The zero-order chi connectivity index (χ0) is 16.5. The van der Waals surface area contributed by atoms with Gasteiger partial charge in [-0.25, -0.2) is 4.68 Å². The van der Waals surface area contributed by atoms with Gasteiger partial charge in [-0.15, -0.1) is 5.10 Å². The highest BCUT2D eigenvalue weighted by atomic mass is 35.5. The van der Waals surface area contributed by atoms with Crippen molar-refractivity contribution < 1.29 is 4.52 Å². The minimum atomic E-state index is 0.310. The summed E-state index contributed by atoms with van der Waals surface area (Å²) in [6, 6.07) is 17.1. The molecule has 0 saturated carbocycles. The van der Waals surface area contributed by atoms with E-state index in [1.54, 1.807) is 10.7 Å². The van der Waals surface area contributed by atoms with Crippen LogP contribution in [0.2, 0.25) is 5.02 Å². The third-order valence-corrected chi connectivity index (χ3v) is 3.97. The quantitative estimate of drug-likeness (QED) is 0.566. The molecule has 0 bridgehead atoms. The van der Waals surface area contributed by atoms with Gasteiger partial charge in [0.1, 0.15) is 0 Å². The van der Waals surface area contributed by atoms with E-state index < -0.39 is 0 Å². The molecule has 4 rings (SSSR count). The van der Waals surface area contributed by atoms with Crippen molar-refractivity contribution in [1.29, 1.82) is 0 Å². The van der Waals surface area contributed by atoms with Crippen LogP contribution in [-0.4, -0.2) is 25.1 Å². The summed E-state index contributed by atoms with van der Waals surface area (Å²) >= 11 is 6.18. The Labute approximate surface area is 142 Å². The molecule has 118 valence electrons. The molecule has 7 heteroatoms. The summed E-state index contributed by atoms with van der Waals surface area (Å²) in [5.41, 5.74) is 2.99. The predicted molar refractivity (Wildman–Crippen MR) is 89.8 cm³/mol. The van der Waals surface area contributed by atoms with Gasteiger partial charge in [-0.3, -0.25) is 0 Å². The van der Waals surface area contributed by atoms with E-state index in [1.165, 1.54) is 0 Å². The third kappa shape index (κ3) is 2.47. The van der Waals surface area contributed by atoms with E-state index in [2.05, 4.69) is 20.5 Å². The Bertz CT molecular complexity index is 993. The first kappa shape index (κ1) is 14.6. The maximum Gasteiger partial charge on any atom is 0.280 e. The standard InChI is InChI=1S/C17H12ClN5O/c1-11-15(20-22-23(11)12-7-3-2-4-8-12)17-19-16(21-24-17)13-9-5-6-10-14(13)18/h2-10H,1H3. The molecule has 0 unspecified atom stereocenters. The number of aromatic nitrogens is 5. The molecule has 2 aromatic heterocycles. The van der Waals surface area contributed by atoms with Crippen molar-refractivity contribution in [2.45, 2.75) is 6.92 Å². The summed E-state index contributed by atoms with van der Waals surface area (Å²) < 4.78 is 7.09. The zero-order valence-electron chi connectivity index (χ0n) is 12.7. The normalized spacial score (nSPS) is 10.9. The Balaban J connectivity index is 1.74. The molecule has 0 N–H and O–H groups in total. The molecule has 0 aliphatic rings. The van der Waals surface area contributed by atoms with E-state index in [-0.39, 0.29) is 0 Å². The molecule has 0 saturated heterocycles. The summed E-state index contributed by atoms with van der Waals surface area (Å²) in [6.45, 7) is 1.90. The van der Waals surface area contributed by atoms with E-state index in [1.807, 2.05) is 55.5 Å². The van der Waals surface area contributed by atoms with Gasteiger partial charge < -0.3 is 4.52 Å². The fourth-order valence-electron chi connectivity index (χ4n) is 2.41. The summed E-state index contributed by atoms with van der Waals surface area (Å²) in [5, 5.41) is 12.9. The van der Waals surface area contributed by atoms with Gasteiger partial charge in [0.25, 0.3) is 5.89 Å². The molecule has 0 spiro atoms. The molecular formula is C17H12ClN5O. The van der Waals surface area contributed by atoms with Crippen LogP contribution < -0.4 is 0 Å². The molecular weight excluding hydrogens is 326 g/mol. The second-order valence-electron chi connectivity index (χ2n) is 5.17. The smallest absolute Gasteiger partial charge is 0.280 e. The molecule has 0 atom stereocenters. The highest BCUT2D eigenvalue weighted by molar-refractivity contribution is 6.33. The van der Waals surface area contributed by atoms with Crippen LogP contribution in [0.3, 0.4) is 0 Å². The first-order valence-corrected chi connectivity index (χ1v) is 7.68. The number of hydrogen-bond acceptors (Lipinski definition) is 5. The average Bonchev–Trinajstić information content (AvgIpc) is 3.23. The van der Waals surface area contributed by atoms with Crippen LogP contribution in [0.4, 0.5) is 0 Å². The highest BCUT2D eigenvalue weighted by Crippen LogP contribution is 2.28. The average molecular weight is 338 g/mol. The van der Waals surface area contributed by atoms with Gasteiger partial charge in [-0.2, -0.15) is 4.98 Å². The maximum absolute atomic E-state index is 6.18. The van der Waals surface area contributed by atoms with Crippen molar-refractivity contribution in [2.75, 3.05) is 0 Å². The Kier molecular flexibility index (Phi) is 3.59. The van der Waals surface area contributed by atoms with Crippen molar-refractivity contribution in [2.24, 2.45) is 0 Å². The van der Waals surface area contributed by atoms with Gasteiger partial charge in [0.05, 0.1) is 16.4 Å². The lowest BCUT2D eigenvalue weighted by atomic mass is 10.2. The van der Waals surface area contributed by atoms with Gasteiger partial charge in [0, 0.05) is 5.56 Å². The highest BCUT2D eigenvalue weighted by Gasteiger charge is 2.19. The summed E-state index contributed by atoms with van der Waals surface area (Å²) in [7, 11) is 0. The van der Waals surface area contributed by atoms with Gasteiger partial charge in [0.2, 0.25) is 5.82 Å². The van der Waals surface area contributed by atoms with Crippen LogP contribution in [0.1, 0.15) is 5.69 Å². The lowest BCUT2D eigenvalue weighted by Gasteiger charge is -2.01. The first-order valence-electron chi connectivity index (χ1n) is 7.31. The Morgan fingerprint density at radius 1 is 1.00 bits per heavy atom. The Morgan fingerprint density at radius 3 is 2.54 bits per heavy atom. The fourth-order valence-corrected chi connectivity index (χ4v) is 2.63. The van der Waals surface area contributed by atoms with E-state index in [0.29, 0.717) is 28.0 Å². The molecule has 0 amide bonds. The number of halogens is 1. The topological polar surface area (TPSA) is 69.6 Å². The second kappa shape index (κ2) is 5.90. The molecule has 0 aliphatic carbocycles. The summed E-state index contributed by atoms with van der Waals surface area (Å²) in [4.78, 5) is 4.40. The minimum absolute atomic E-state index is 0.310. The monoisotopic (exact) mass is 337 g/mol. The lowest BCUT2D eigenvalue weighted by molar-refractivity contribution is 0.430. The molecule has 24 heavy (non-hydrogen) atoms. The predicted octanol–water partition coefficient (Wildman–Crippen LogP) is 3.95. The SMILES string of the molecule is Cc1c(-c2nc(-c3ccccc3Cl)no2)nnn1-c1ccccc1. The largest absolute Gasteiger partial charge is 0.332 e. The Morgan fingerprint density at radius 2 is 1.75 bits per heavy atom. The van der Waals surface area contributed by atoms with E-state index in [4.69, 9.17) is 16.1 Å². The third-order valence-electron chi connectivity index (χ3n) is 3.64. The van der Waals surface area contributed by atoms with Crippen molar-refractivity contribution in [3.8, 4) is 28.7 Å².